The zero-order chi connectivity index (χ0) is 10.7. The number of amides is 1. The highest BCUT2D eigenvalue weighted by atomic mass is 16.4. The number of tetrazole rings is 1. The summed E-state index contributed by atoms with van der Waals surface area (Å²) in [5, 5.41) is 21.1. The van der Waals surface area contributed by atoms with Gasteiger partial charge in [0.2, 0.25) is 0 Å². The Morgan fingerprint density at radius 2 is 2.33 bits per heavy atom. The van der Waals surface area contributed by atoms with Crippen molar-refractivity contribution in [2.45, 2.75) is 0 Å². The molecule has 8 heteroatoms. The van der Waals surface area contributed by atoms with Crippen molar-refractivity contribution in [1.82, 2.24) is 25.2 Å². The van der Waals surface area contributed by atoms with Crippen LogP contribution in [0.25, 0.3) is 5.69 Å². The molecule has 1 amide bonds. The molecule has 0 bridgehead atoms. The number of nitrogens with one attached hydrogen (secondary N) is 1. The molecule has 0 spiro atoms. The van der Waals surface area contributed by atoms with Crippen LogP contribution in [0.4, 0.5) is 10.6 Å². The lowest BCUT2D eigenvalue weighted by atomic mass is 10.4. The Labute approximate surface area is 83.6 Å². The van der Waals surface area contributed by atoms with E-state index in [0.717, 1.165) is 0 Å². The first-order chi connectivity index (χ1) is 7.25. The first-order valence-corrected chi connectivity index (χ1v) is 3.95. The zero-order valence-electron chi connectivity index (χ0n) is 7.40. The van der Waals surface area contributed by atoms with Gasteiger partial charge in [0.25, 0.3) is 0 Å². The molecule has 2 aromatic heterocycles. The van der Waals surface area contributed by atoms with Crippen LogP contribution >= 0.6 is 0 Å². The van der Waals surface area contributed by atoms with Crippen LogP contribution in [0.3, 0.4) is 0 Å². The minimum absolute atomic E-state index is 0.249. The maximum absolute atomic E-state index is 10.3. The summed E-state index contributed by atoms with van der Waals surface area (Å²) in [4.78, 5) is 14.2. The molecule has 76 valence electrons. The Hall–Kier alpha value is -2.51. The normalized spacial score (nSPS) is 9.87. The molecule has 0 aliphatic heterocycles. The summed E-state index contributed by atoms with van der Waals surface area (Å²) >= 11 is 0. The summed E-state index contributed by atoms with van der Waals surface area (Å²) in [6.07, 6.45) is 1.72. The molecule has 0 atom stereocenters. The molecule has 15 heavy (non-hydrogen) atoms. The zero-order valence-corrected chi connectivity index (χ0v) is 7.40. The van der Waals surface area contributed by atoms with Gasteiger partial charge in [0, 0.05) is 0 Å². The third-order valence-corrected chi connectivity index (χ3v) is 1.60. The van der Waals surface area contributed by atoms with Crippen LogP contribution in [0.2, 0.25) is 0 Å². The van der Waals surface area contributed by atoms with E-state index < -0.39 is 6.09 Å². The highest BCUT2D eigenvalue weighted by Gasteiger charge is 2.01. The Balaban J connectivity index is 2.21. The molecule has 2 aromatic rings. The summed E-state index contributed by atoms with van der Waals surface area (Å²) < 4.78 is 1.41. The van der Waals surface area contributed by atoms with Crippen molar-refractivity contribution >= 4 is 11.9 Å². The van der Waals surface area contributed by atoms with E-state index in [1.165, 1.54) is 23.3 Å². The van der Waals surface area contributed by atoms with Gasteiger partial charge in [-0.05, 0) is 22.6 Å². The van der Waals surface area contributed by atoms with Crippen LogP contribution in [0.15, 0.2) is 24.7 Å². The summed E-state index contributed by atoms with van der Waals surface area (Å²) in [7, 11) is 0. The minimum Gasteiger partial charge on any atom is -0.465 e. The van der Waals surface area contributed by atoms with Crippen LogP contribution in [0, 0.1) is 0 Å². The molecule has 2 N–H and O–H groups in total. The van der Waals surface area contributed by atoms with Crippen molar-refractivity contribution in [1.29, 1.82) is 0 Å². The molecule has 0 aliphatic carbocycles. The molecule has 0 unspecified atom stereocenters. The van der Waals surface area contributed by atoms with Gasteiger partial charge in [-0.25, -0.2) is 9.78 Å². The van der Waals surface area contributed by atoms with E-state index in [1.807, 2.05) is 0 Å². The molecule has 0 aliphatic rings. The van der Waals surface area contributed by atoms with Gasteiger partial charge in [0.15, 0.2) is 0 Å². The summed E-state index contributed by atoms with van der Waals surface area (Å²) in [6.45, 7) is 0. The molecular weight excluding hydrogens is 200 g/mol. The fraction of sp³-hybridized carbons (Fsp3) is 0. The Morgan fingerprint density at radius 3 is 2.87 bits per heavy atom. The number of nitrogens with zero attached hydrogens (tertiary/aromatic N) is 5. The number of rotatable bonds is 2. The lowest BCUT2D eigenvalue weighted by Crippen LogP contribution is -2.08. The number of carboxylic acid groups (broad SMARTS) is 1. The Morgan fingerprint density at radius 1 is 1.47 bits per heavy atom. The second kappa shape index (κ2) is 3.70. The van der Waals surface area contributed by atoms with Gasteiger partial charge in [-0.2, -0.15) is 4.68 Å². The second-order valence-electron chi connectivity index (χ2n) is 2.59. The quantitative estimate of drug-likeness (QED) is 0.724. The van der Waals surface area contributed by atoms with E-state index in [-0.39, 0.29) is 5.82 Å². The molecule has 0 radical (unpaired) electrons. The van der Waals surface area contributed by atoms with Crippen molar-refractivity contribution in [3.63, 3.8) is 0 Å². The molecule has 0 aromatic carbocycles. The van der Waals surface area contributed by atoms with Gasteiger partial charge >= 0.3 is 6.09 Å². The lowest BCUT2D eigenvalue weighted by Gasteiger charge is -2.01. The number of hydrogen-bond donors (Lipinski definition) is 2. The van der Waals surface area contributed by atoms with Crippen molar-refractivity contribution in [3.05, 3.63) is 24.7 Å². The van der Waals surface area contributed by atoms with E-state index in [0.29, 0.717) is 5.69 Å². The molecule has 0 fully saturated rings. The van der Waals surface area contributed by atoms with Crippen molar-refractivity contribution in [2.24, 2.45) is 0 Å². The fourth-order valence-corrected chi connectivity index (χ4v) is 0.985. The summed E-state index contributed by atoms with van der Waals surface area (Å²) in [6, 6.07) is 3.17. The topological polar surface area (TPSA) is 106 Å². The largest absolute Gasteiger partial charge is 0.465 e. The number of hydrogen-bond acceptors (Lipinski definition) is 5. The lowest BCUT2D eigenvalue weighted by molar-refractivity contribution is 0.209. The number of anilines is 1. The number of pyridine rings is 1. The molecule has 2 rings (SSSR count). The van der Waals surface area contributed by atoms with Gasteiger partial charge in [-0.15, -0.1) is 5.10 Å². The van der Waals surface area contributed by atoms with Crippen molar-refractivity contribution < 1.29 is 9.90 Å². The highest BCUT2D eigenvalue weighted by Crippen LogP contribution is 2.07. The van der Waals surface area contributed by atoms with Gasteiger partial charge in [-0.3, -0.25) is 5.32 Å². The van der Waals surface area contributed by atoms with E-state index in [2.05, 4.69) is 25.8 Å². The van der Waals surface area contributed by atoms with E-state index >= 15 is 0 Å². The van der Waals surface area contributed by atoms with Gasteiger partial charge in [0.1, 0.15) is 12.1 Å². The Kier molecular flexibility index (Phi) is 2.23. The summed E-state index contributed by atoms with van der Waals surface area (Å²) in [5.41, 5.74) is 0.649. The smallest absolute Gasteiger partial charge is 0.410 e. The number of carbonyl (C=O) groups is 1. The van der Waals surface area contributed by atoms with E-state index in [4.69, 9.17) is 5.11 Å². The van der Waals surface area contributed by atoms with Crippen LogP contribution in [0.1, 0.15) is 0 Å². The third-order valence-electron chi connectivity index (χ3n) is 1.60. The third kappa shape index (κ3) is 2.05. The standard InChI is InChI=1S/C7H6N6O2/c14-7(15)10-6-2-1-5(3-8-6)13-4-9-11-12-13/h1-4H,(H,8,10)(H,14,15). The Bertz CT molecular complexity index is 451. The van der Waals surface area contributed by atoms with Crippen LogP contribution in [-0.4, -0.2) is 36.4 Å². The van der Waals surface area contributed by atoms with Crippen LogP contribution in [-0.2, 0) is 0 Å². The SMILES string of the molecule is O=C(O)Nc1ccc(-n2cnnn2)cn1. The molecule has 8 nitrogen and oxygen atoms in total. The second-order valence-corrected chi connectivity index (χ2v) is 2.59. The average molecular weight is 206 g/mol. The van der Waals surface area contributed by atoms with Crippen LogP contribution in [0.5, 0.6) is 0 Å². The first-order valence-electron chi connectivity index (χ1n) is 3.95. The monoisotopic (exact) mass is 206 g/mol. The number of aromatic nitrogens is 5. The maximum Gasteiger partial charge on any atom is 0.410 e. The molecule has 0 saturated carbocycles. The summed E-state index contributed by atoms with van der Waals surface area (Å²) in [5.74, 6) is 0.249. The predicted molar refractivity (Wildman–Crippen MR) is 48.6 cm³/mol. The minimum atomic E-state index is -1.15. The molecule has 0 saturated heterocycles. The van der Waals surface area contributed by atoms with Crippen molar-refractivity contribution in [3.8, 4) is 5.69 Å². The fourth-order valence-electron chi connectivity index (χ4n) is 0.985. The van der Waals surface area contributed by atoms with Crippen molar-refractivity contribution in [2.75, 3.05) is 5.32 Å². The van der Waals surface area contributed by atoms with E-state index in [1.54, 1.807) is 6.07 Å². The first kappa shape index (κ1) is 9.06. The predicted octanol–water partition coefficient (Wildman–Crippen LogP) is 0.147. The molecular formula is C7H6N6O2. The average Bonchev–Trinajstić information content (AvgIpc) is 2.71. The van der Waals surface area contributed by atoms with Gasteiger partial charge in [0.05, 0.1) is 11.9 Å². The molecule has 2 heterocycles. The highest BCUT2D eigenvalue weighted by molar-refractivity contribution is 5.81. The van der Waals surface area contributed by atoms with Crippen LogP contribution < -0.4 is 5.32 Å². The van der Waals surface area contributed by atoms with Gasteiger partial charge in [-0.1, -0.05) is 0 Å². The maximum atomic E-state index is 10.3. The van der Waals surface area contributed by atoms with Gasteiger partial charge < -0.3 is 5.11 Å². The van der Waals surface area contributed by atoms with E-state index in [9.17, 15) is 4.79 Å².